The standard InChI is InChI=1S/C70H121NO10/c1-4-7-10-13-16-19-22-25-27-28-29-30-31-32-33-34-35-37-39-42-45-48-51-54-57-63(74)69(78)71-61(62(73)56-53-50-47-44-41-38-24-21-18-15-12-9-6-3)60-79-70-68(67(77)66(76)64(59-72)80-70)81-65(75)58-55-52-49-46-43-40-36-26-23-20-17-14-11-8-5-2/h8,11,14,16-17,19-20,23,25-27,29-30,36,53,56,61-64,66-68,70,72-74,76-77H,4-7,9-10,12-13,15,18,21-22,24,28,31-35,37-52,54-55,57-60H2,1-3H3,(H,71,78)/b11-8+,17-14+,19-16-,23-20+,27-25-,30-29-,36-26-,56-53+. The minimum Gasteiger partial charge on any atom is -0.454 e. The summed E-state index contributed by atoms with van der Waals surface area (Å²) in [6.07, 6.45) is 65.8. The van der Waals surface area contributed by atoms with Crippen LogP contribution in [0.15, 0.2) is 97.2 Å². The third kappa shape index (κ3) is 44.7. The molecule has 0 radical (unpaired) electrons. The van der Waals surface area contributed by atoms with Gasteiger partial charge in [-0.25, -0.2) is 0 Å². The Labute approximate surface area is 495 Å². The number of aliphatic hydroxyl groups is 5. The normalized spacial score (nSPS) is 19.3. The van der Waals surface area contributed by atoms with Crippen LogP contribution in [-0.4, -0.2) is 99.6 Å². The van der Waals surface area contributed by atoms with E-state index in [1.807, 2.05) is 42.5 Å². The van der Waals surface area contributed by atoms with Crippen molar-refractivity contribution in [3.05, 3.63) is 97.2 Å². The summed E-state index contributed by atoms with van der Waals surface area (Å²) in [6, 6.07) is -1.04. The lowest BCUT2D eigenvalue weighted by Crippen LogP contribution is -2.61. The number of aliphatic hydroxyl groups excluding tert-OH is 5. The Kier molecular flexibility index (Phi) is 53.2. The second-order valence-electron chi connectivity index (χ2n) is 22.6. The molecule has 1 amide bonds. The van der Waals surface area contributed by atoms with E-state index in [2.05, 4.69) is 74.7 Å². The molecular weight excluding hydrogens is 1010 g/mol. The quantitative estimate of drug-likeness (QED) is 0.0149. The Morgan fingerprint density at radius 3 is 1.47 bits per heavy atom. The number of unbranched alkanes of at least 4 members (excludes halogenated alkanes) is 30. The van der Waals surface area contributed by atoms with E-state index >= 15 is 0 Å². The molecule has 1 aliphatic heterocycles. The van der Waals surface area contributed by atoms with Crippen LogP contribution < -0.4 is 5.32 Å². The van der Waals surface area contributed by atoms with Gasteiger partial charge in [0, 0.05) is 6.42 Å². The van der Waals surface area contributed by atoms with Crippen LogP contribution in [0.4, 0.5) is 0 Å². The molecule has 6 N–H and O–H groups in total. The molecule has 1 aliphatic rings. The third-order valence-corrected chi connectivity index (χ3v) is 15.1. The zero-order chi connectivity index (χ0) is 58.9. The summed E-state index contributed by atoms with van der Waals surface area (Å²) in [7, 11) is 0. The van der Waals surface area contributed by atoms with Gasteiger partial charge in [-0.15, -0.1) is 0 Å². The molecule has 1 heterocycles. The first-order chi connectivity index (χ1) is 39.7. The van der Waals surface area contributed by atoms with Crippen LogP contribution in [0.2, 0.25) is 0 Å². The van der Waals surface area contributed by atoms with Gasteiger partial charge in [0.2, 0.25) is 5.91 Å². The van der Waals surface area contributed by atoms with E-state index in [1.165, 1.54) is 128 Å². The monoisotopic (exact) mass is 1140 g/mol. The van der Waals surface area contributed by atoms with Gasteiger partial charge in [0.15, 0.2) is 12.4 Å². The smallest absolute Gasteiger partial charge is 0.306 e. The van der Waals surface area contributed by atoms with Gasteiger partial charge in [-0.05, 0) is 83.5 Å². The molecule has 0 aromatic rings. The van der Waals surface area contributed by atoms with Gasteiger partial charge in [-0.2, -0.15) is 0 Å². The first kappa shape index (κ1) is 75.6. The van der Waals surface area contributed by atoms with Gasteiger partial charge in [0.1, 0.15) is 24.4 Å². The fourth-order valence-electron chi connectivity index (χ4n) is 9.85. The van der Waals surface area contributed by atoms with E-state index < -0.39 is 67.4 Å². The largest absolute Gasteiger partial charge is 0.454 e. The lowest BCUT2D eigenvalue weighted by atomic mass is 9.99. The van der Waals surface area contributed by atoms with Crippen molar-refractivity contribution in [2.75, 3.05) is 13.2 Å². The van der Waals surface area contributed by atoms with Crippen molar-refractivity contribution in [3.8, 4) is 0 Å². The molecule has 466 valence electrons. The number of nitrogens with one attached hydrogen (secondary N) is 1. The molecule has 0 spiro atoms. The summed E-state index contributed by atoms with van der Waals surface area (Å²) in [6.45, 7) is 5.62. The highest BCUT2D eigenvalue weighted by molar-refractivity contribution is 5.80. The van der Waals surface area contributed by atoms with Gasteiger partial charge < -0.3 is 45.1 Å². The number of carbonyl (C=O) groups is 2. The Hall–Kier alpha value is -3.42. The van der Waals surface area contributed by atoms with E-state index in [9.17, 15) is 35.1 Å². The summed E-state index contributed by atoms with van der Waals surface area (Å²) >= 11 is 0. The molecular formula is C70H121NO10. The molecule has 0 aromatic carbocycles. The Morgan fingerprint density at radius 2 is 0.938 bits per heavy atom. The number of ether oxygens (including phenoxy) is 3. The summed E-state index contributed by atoms with van der Waals surface area (Å²) in [5.74, 6) is -1.22. The van der Waals surface area contributed by atoms with Gasteiger partial charge in [-0.1, -0.05) is 279 Å². The average molecular weight is 1140 g/mol. The number of rotatable bonds is 55. The van der Waals surface area contributed by atoms with E-state index in [0.29, 0.717) is 12.8 Å². The fourth-order valence-corrected chi connectivity index (χ4v) is 9.85. The van der Waals surface area contributed by atoms with E-state index in [1.54, 1.807) is 6.08 Å². The van der Waals surface area contributed by atoms with E-state index in [-0.39, 0.29) is 19.4 Å². The number of amides is 1. The van der Waals surface area contributed by atoms with Crippen molar-refractivity contribution in [2.24, 2.45) is 0 Å². The first-order valence-electron chi connectivity index (χ1n) is 33.1. The highest BCUT2D eigenvalue weighted by Crippen LogP contribution is 2.26. The average Bonchev–Trinajstić information content (AvgIpc) is 3.53. The van der Waals surface area contributed by atoms with Crippen LogP contribution in [-0.2, 0) is 23.8 Å². The zero-order valence-corrected chi connectivity index (χ0v) is 51.6. The third-order valence-electron chi connectivity index (χ3n) is 15.1. The molecule has 1 rings (SSSR count). The van der Waals surface area contributed by atoms with Gasteiger partial charge >= 0.3 is 5.97 Å². The van der Waals surface area contributed by atoms with Crippen molar-refractivity contribution in [1.82, 2.24) is 5.32 Å². The molecule has 0 saturated carbocycles. The number of carbonyl (C=O) groups excluding carboxylic acids is 2. The minimum atomic E-state index is -1.63. The van der Waals surface area contributed by atoms with Crippen molar-refractivity contribution < 1.29 is 49.3 Å². The molecule has 1 fully saturated rings. The van der Waals surface area contributed by atoms with Crippen molar-refractivity contribution in [3.63, 3.8) is 0 Å². The lowest BCUT2D eigenvalue weighted by Gasteiger charge is -2.41. The van der Waals surface area contributed by atoms with Crippen molar-refractivity contribution in [2.45, 2.75) is 320 Å². The number of hydrogen-bond acceptors (Lipinski definition) is 10. The maximum atomic E-state index is 13.5. The van der Waals surface area contributed by atoms with Crippen LogP contribution in [0.5, 0.6) is 0 Å². The highest BCUT2D eigenvalue weighted by atomic mass is 16.7. The number of hydrogen-bond donors (Lipinski definition) is 6. The van der Waals surface area contributed by atoms with Crippen molar-refractivity contribution >= 4 is 11.9 Å². The molecule has 0 bridgehead atoms. The Morgan fingerprint density at radius 1 is 0.506 bits per heavy atom. The lowest BCUT2D eigenvalue weighted by molar-refractivity contribution is -0.305. The molecule has 1 saturated heterocycles. The summed E-state index contributed by atoms with van der Waals surface area (Å²) in [4.78, 5) is 26.6. The predicted molar refractivity (Wildman–Crippen MR) is 338 cm³/mol. The van der Waals surface area contributed by atoms with Crippen LogP contribution in [0.25, 0.3) is 0 Å². The molecule has 0 aliphatic carbocycles. The maximum Gasteiger partial charge on any atom is 0.306 e. The van der Waals surface area contributed by atoms with Crippen molar-refractivity contribution in [1.29, 1.82) is 0 Å². The minimum absolute atomic E-state index is 0.0934. The topological polar surface area (TPSA) is 175 Å². The molecule has 81 heavy (non-hydrogen) atoms. The molecule has 11 heteroatoms. The van der Waals surface area contributed by atoms with E-state index in [0.717, 1.165) is 96.3 Å². The SMILES string of the molecule is CC/C=C/C=C/C=C/C=C\CCCCCCCC(=O)OC1C(OCC(NC(=O)C(O)CCCCCCCCCCCCC/C=C\C/C=C\C/C=C\CCCCC)C(O)/C=C/CCCCCCCCCCCCC)OC(CO)C(O)C1O. The molecule has 11 nitrogen and oxygen atoms in total. The summed E-state index contributed by atoms with van der Waals surface area (Å²) < 4.78 is 17.6. The van der Waals surface area contributed by atoms with Crippen LogP contribution in [0.3, 0.4) is 0 Å². The van der Waals surface area contributed by atoms with Gasteiger partial charge in [0.25, 0.3) is 0 Å². The molecule has 8 unspecified atom stereocenters. The van der Waals surface area contributed by atoms with Gasteiger partial charge in [-0.3, -0.25) is 9.59 Å². The second-order valence-corrected chi connectivity index (χ2v) is 22.6. The predicted octanol–water partition coefficient (Wildman–Crippen LogP) is 16.3. The number of allylic oxidation sites excluding steroid dienone is 15. The van der Waals surface area contributed by atoms with Gasteiger partial charge in [0.05, 0.1) is 25.4 Å². The molecule has 0 aromatic heterocycles. The zero-order valence-electron chi connectivity index (χ0n) is 51.6. The Balaban J connectivity index is 2.64. The second kappa shape index (κ2) is 57.0. The summed E-state index contributed by atoms with van der Waals surface area (Å²) in [5, 5.41) is 57.1. The fraction of sp³-hybridized carbons (Fsp3) is 0.743. The first-order valence-corrected chi connectivity index (χ1v) is 33.1. The highest BCUT2D eigenvalue weighted by Gasteiger charge is 2.47. The molecule has 8 atom stereocenters. The van der Waals surface area contributed by atoms with Crippen LogP contribution in [0, 0.1) is 0 Å². The Bertz CT molecular complexity index is 1690. The van der Waals surface area contributed by atoms with E-state index in [4.69, 9.17) is 14.2 Å². The maximum absolute atomic E-state index is 13.5. The van der Waals surface area contributed by atoms with Crippen LogP contribution in [0.1, 0.15) is 271 Å². The summed E-state index contributed by atoms with van der Waals surface area (Å²) in [5.41, 5.74) is 0. The van der Waals surface area contributed by atoms with Crippen LogP contribution >= 0.6 is 0 Å². The number of esters is 1.